The zero-order chi connectivity index (χ0) is 10.6. The first-order valence-electron chi connectivity index (χ1n) is 4.17. The molecule has 2 N–H and O–H groups in total. The number of anilines is 1. The zero-order valence-corrected chi connectivity index (χ0v) is 8.24. The molecule has 0 aliphatic rings. The third-order valence-electron chi connectivity index (χ3n) is 1.72. The monoisotopic (exact) mass is 195 g/mol. The largest absolute Gasteiger partial charge is 0.467 e. The van der Waals surface area contributed by atoms with Gasteiger partial charge in [0.15, 0.2) is 12.6 Å². The highest BCUT2D eigenvalue weighted by Gasteiger charge is 2.08. The molecular weight excluding hydrogens is 182 g/mol. The second kappa shape index (κ2) is 4.62. The molecule has 4 nitrogen and oxygen atoms in total. The molecule has 0 atom stereocenters. The second-order valence-electron chi connectivity index (χ2n) is 2.86. The molecule has 1 rings (SSSR count). The number of carbonyl (C=O) groups is 1. The molecule has 0 spiro atoms. The minimum atomic E-state index is -0.0802. The molecule has 0 unspecified atom stereocenters. The fourth-order valence-corrected chi connectivity index (χ4v) is 1.07. The summed E-state index contributed by atoms with van der Waals surface area (Å²) in [6.45, 7) is 1.58. The Kier molecular flexibility index (Phi) is 3.48. The highest BCUT2D eigenvalue weighted by molar-refractivity contribution is 5.97. The van der Waals surface area contributed by atoms with Crippen molar-refractivity contribution in [3.05, 3.63) is 23.8 Å². The third-order valence-corrected chi connectivity index (χ3v) is 1.72. The van der Waals surface area contributed by atoms with Crippen molar-refractivity contribution >= 4 is 11.5 Å². The fourth-order valence-electron chi connectivity index (χ4n) is 1.07. The lowest BCUT2D eigenvalue weighted by Crippen LogP contribution is -2.04. The molecule has 0 aliphatic carbocycles. The van der Waals surface area contributed by atoms with Gasteiger partial charge in [-0.05, 0) is 25.1 Å². The SMILES string of the molecule is COCOc1ccc(N)cc1C(C)=O. The Bertz CT molecular complexity index is 336. The number of hydrogen-bond acceptors (Lipinski definition) is 4. The first-order chi connectivity index (χ1) is 6.65. The number of nitrogens with two attached hydrogens (primary N) is 1. The van der Waals surface area contributed by atoms with Gasteiger partial charge in [-0.25, -0.2) is 0 Å². The number of rotatable bonds is 4. The van der Waals surface area contributed by atoms with Crippen LogP contribution in [0, 0.1) is 0 Å². The Hall–Kier alpha value is -1.55. The van der Waals surface area contributed by atoms with E-state index in [2.05, 4.69) is 0 Å². The average Bonchev–Trinajstić information content (AvgIpc) is 2.15. The maximum atomic E-state index is 11.2. The first kappa shape index (κ1) is 10.5. The van der Waals surface area contributed by atoms with Gasteiger partial charge in [0.05, 0.1) is 5.56 Å². The van der Waals surface area contributed by atoms with Gasteiger partial charge >= 0.3 is 0 Å². The van der Waals surface area contributed by atoms with Crippen molar-refractivity contribution in [2.45, 2.75) is 6.92 Å². The maximum Gasteiger partial charge on any atom is 0.188 e. The van der Waals surface area contributed by atoms with Gasteiger partial charge in [0, 0.05) is 12.8 Å². The topological polar surface area (TPSA) is 61.6 Å². The Balaban J connectivity index is 2.96. The van der Waals surface area contributed by atoms with E-state index in [1.54, 1.807) is 18.2 Å². The molecule has 0 amide bonds. The van der Waals surface area contributed by atoms with E-state index < -0.39 is 0 Å². The highest BCUT2D eigenvalue weighted by Crippen LogP contribution is 2.21. The number of nitrogen functional groups attached to an aromatic ring is 1. The van der Waals surface area contributed by atoms with Gasteiger partial charge in [0.25, 0.3) is 0 Å². The molecule has 1 aromatic rings. The van der Waals surface area contributed by atoms with Crippen LogP contribution in [-0.4, -0.2) is 19.7 Å². The van der Waals surface area contributed by atoms with E-state index in [1.165, 1.54) is 14.0 Å². The summed E-state index contributed by atoms with van der Waals surface area (Å²) in [5, 5.41) is 0. The number of methoxy groups -OCH3 is 1. The van der Waals surface area contributed by atoms with Crippen LogP contribution < -0.4 is 10.5 Å². The fraction of sp³-hybridized carbons (Fsp3) is 0.300. The van der Waals surface area contributed by atoms with Crippen molar-refractivity contribution in [3.8, 4) is 5.75 Å². The highest BCUT2D eigenvalue weighted by atomic mass is 16.7. The number of carbonyl (C=O) groups excluding carboxylic acids is 1. The minimum Gasteiger partial charge on any atom is -0.467 e. The summed E-state index contributed by atoms with van der Waals surface area (Å²) in [5.41, 5.74) is 6.57. The smallest absolute Gasteiger partial charge is 0.188 e. The summed E-state index contributed by atoms with van der Waals surface area (Å²) in [5.74, 6) is 0.414. The molecule has 0 radical (unpaired) electrons. The van der Waals surface area contributed by atoms with Crippen LogP contribution in [0.15, 0.2) is 18.2 Å². The lowest BCUT2D eigenvalue weighted by atomic mass is 10.1. The van der Waals surface area contributed by atoms with Gasteiger partial charge < -0.3 is 15.2 Å². The van der Waals surface area contributed by atoms with Crippen LogP contribution >= 0.6 is 0 Å². The number of benzene rings is 1. The molecule has 1 aromatic carbocycles. The van der Waals surface area contributed by atoms with Crippen LogP contribution in [0.3, 0.4) is 0 Å². The summed E-state index contributed by atoms with van der Waals surface area (Å²) < 4.78 is 9.95. The van der Waals surface area contributed by atoms with Crippen molar-refractivity contribution in [1.82, 2.24) is 0 Å². The Morgan fingerprint density at radius 3 is 2.79 bits per heavy atom. The van der Waals surface area contributed by atoms with Crippen LogP contribution in [0.4, 0.5) is 5.69 Å². The summed E-state index contributed by atoms with van der Waals surface area (Å²) in [6.07, 6.45) is 0. The van der Waals surface area contributed by atoms with Crippen LogP contribution in [0.2, 0.25) is 0 Å². The maximum absolute atomic E-state index is 11.2. The zero-order valence-electron chi connectivity index (χ0n) is 8.24. The van der Waals surface area contributed by atoms with Gasteiger partial charge in [-0.1, -0.05) is 0 Å². The molecule has 0 bridgehead atoms. The van der Waals surface area contributed by atoms with Crippen molar-refractivity contribution in [2.24, 2.45) is 0 Å². The number of Topliss-reactive ketones (excluding diaryl/α,β-unsaturated/α-hetero) is 1. The molecular formula is C10H13NO3. The van der Waals surface area contributed by atoms with Crippen molar-refractivity contribution in [3.63, 3.8) is 0 Å². The van der Waals surface area contributed by atoms with Gasteiger partial charge in [0.1, 0.15) is 5.75 Å². The molecule has 0 heterocycles. The lowest BCUT2D eigenvalue weighted by molar-refractivity contribution is 0.0503. The van der Waals surface area contributed by atoms with E-state index in [-0.39, 0.29) is 12.6 Å². The quantitative estimate of drug-likeness (QED) is 0.448. The van der Waals surface area contributed by atoms with E-state index in [0.717, 1.165) is 0 Å². The van der Waals surface area contributed by atoms with E-state index in [1.807, 2.05) is 0 Å². The molecule has 14 heavy (non-hydrogen) atoms. The summed E-state index contributed by atoms with van der Waals surface area (Å²) in [7, 11) is 1.52. The Labute approximate surface area is 82.6 Å². The molecule has 0 aromatic heterocycles. The van der Waals surface area contributed by atoms with E-state index in [4.69, 9.17) is 15.2 Å². The first-order valence-corrected chi connectivity index (χ1v) is 4.17. The number of ketones is 1. The van der Waals surface area contributed by atoms with Crippen LogP contribution in [-0.2, 0) is 4.74 Å². The van der Waals surface area contributed by atoms with E-state index in [0.29, 0.717) is 17.0 Å². The lowest BCUT2D eigenvalue weighted by Gasteiger charge is -2.08. The van der Waals surface area contributed by atoms with Gasteiger partial charge in [-0.2, -0.15) is 0 Å². The standard InChI is InChI=1S/C10H13NO3/c1-7(12)9-5-8(11)3-4-10(9)14-6-13-2/h3-5H,6,11H2,1-2H3. The van der Waals surface area contributed by atoms with Crippen molar-refractivity contribution in [2.75, 3.05) is 19.6 Å². The molecule has 4 heteroatoms. The summed E-state index contributed by atoms with van der Waals surface area (Å²) in [4.78, 5) is 11.2. The molecule has 76 valence electrons. The Morgan fingerprint density at radius 1 is 1.50 bits per heavy atom. The normalized spacial score (nSPS) is 9.86. The van der Waals surface area contributed by atoms with Crippen molar-refractivity contribution < 1.29 is 14.3 Å². The van der Waals surface area contributed by atoms with E-state index in [9.17, 15) is 4.79 Å². The Morgan fingerprint density at radius 2 is 2.21 bits per heavy atom. The van der Waals surface area contributed by atoms with E-state index >= 15 is 0 Å². The van der Waals surface area contributed by atoms with Crippen LogP contribution in [0.5, 0.6) is 5.75 Å². The number of ether oxygens (including phenoxy) is 2. The van der Waals surface area contributed by atoms with Crippen molar-refractivity contribution in [1.29, 1.82) is 0 Å². The summed E-state index contributed by atoms with van der Waals surface area (Å²) >= 11 is 0. The third kappa shape index (κ3) is 2.47. The average molecular weight is 195 g/mol. The van der Waals surface area contributed by atoms with Gasteiger partial charge in [-0.15, -0.1) is 0 Å². The minimum absolute atomic E-state index is 0.0802. The molecule has 0 aliphatic heterocycles. The van der Waals surface area contributed by atoms with Gasteiger partial charge in [-0.3, -0.25) is 4.79 Å². The van der Waals surface area contributed by atoms with Crippen LogP contribution in [0.1, 0.15) is 17.3 Å². The van der Waals surface area contributed by atoms with Crippen LogP contribution in [0.25, 0.3) is 0 Å². The predicted molar refractivity (Wildman–Crippen MR) is 53.4 cm³/mol. The second-order valence-corrected chi connectivity index (χ2v) is 2.86. The molecule has 0 saturated carbocycles. The molecule has 0 fully saturated rings. The number of hydrogen-bond donors (Lipinski definition) is 1. The summed E-state index contributed by atoms with van der Waals surface area (Å²) in [6, 6.07) is 4.93. The molecule has 0 saturated heterocycles. The predicted octanol–water partition coefficient (Wildman–Crippen LogP) is 1.45. The van der Waals surface area contributed by atoms with Gasteiger partial charge in [0.2, 0.25) is 0 Å².